The molecule has 1 aliphatic rings. The van der Waals surface area contributed by atoms with Crippen molar-refractivity contribution in [2.45, 2.75) is 53.6 Å². The van der Waals surface area contributed by atoms with Gasteiger partial charge in [-0.15, -0.1) is 24.0 Å². The van der Waals surface area contributed by atoms with Crippen LogP contribution in [0.15, 0.2) is 9.41 Å². The number of nitrogens with one attached hydrogen (secondary N) is 1. The van der Waals surface area contributed by atoms with Crippen molar-refractivity contribution in [3.05, 3.63) is 17.3 Å². The number of aliphatic imine (C=N–C) groups is 1. The lowest BCUT2D eigenvalue weighted by Crippen LogP contribution is -2.72. The predicted molar refractivity (Wildman–Crippen MR) is 96.2 cm³/mol. The second-order valence-corrected chi connectivity index (χ2v) is 6.68. The zero-order chi connectivity index (χ0) is 15.1. The van der Waals surface area contributed by atoms with E-state index in [0.29, 0.717) is 17.9 Å². The van der Waals surface area contributed by atoms with Gasteiger partial charge in [-0.05, 0) is 27.7 Å². The molecular weight excluding hydrogens is 379 g/mol. The average molecular weight is 406 g/mol. The van der Waals surface area contributed by atoms with Gasteiger partial charge in [0.1, 0.15) is 5.76 Å². The molecular formula is C15H27IN4O. The monoisotopic (exact) mass is 406 g/mol. The summed E-state index contributed by atoms with van der Waals surface area (Å²) in [6.45, 7) is 14.5. The van der Waals surface area contributed by atoms with Crippen LogP contribution in [-0.4, -0.2) is 35.0 Å². The van der Waals surface area contributed by atoms with Crippen molar-refractivity contribution in [1.29, 1.82) is 0 Å². The highest BCUT2D eigenvalue weighted by Crippen LogP contribution is 2.46. The van der Waals surface area contributed by atoms with Gasteiger partial charge in [-0.1, -0.05) is 13.8 Å². The van der Waals surface area contributed by atoms with Crippen LogP contribution >= 0.6 is 24.0 Å². The molecule has 2 rings (SSSR count). The highest BCUT2D eigenvalue weighted by Gasteiger charge is 2.53. The lowest BCUT2D eigenvalue weighted by Gasteiger charge is -2.62. The van der Waals surface area contributed by atoms with Crippen LogP contribution in [0.3, 0.4) is 0 Å². The van der Waals surface area contributed by atoms with E-state index in [1.54, 1.807) is 0 Å². The molecule has 0 spiro atoms. The molecule has 1 N–H and O–H groups in total. The van der Waals surface area contributed by atoms with Crippen LogP contribution in [0.2, 0.25) is 0 Å². The number of oxazole rings is 1. The van der Waals surface area contributed by atoms with E-state index >= 15 is 0 Å². The third-order valence-corrected chi connectivity index (χ3v) is 4.82. The Kier molecular flexibility index (Phi) is 5.34. The standard InChI is InChI=1S/C15H26N4O.HI/c1-10-11(2)20-12(18-10)8-17-13(16-7)19-9-14(3,4)15(19,5)6;/h8-9H2,1-7H3,(H,16,17);1H. The number of hydrogen-bond acceptors (Lipinski definition) is 3. The Labute approximate surface area is 144 Å². The molecule has 1 fully saturated rings. The number of halogens is 1. The van der Waals surface area contributed by atoms with Crippen molar-refractivity contribution >= 4 is 29.9 Å². The molecule has 6 heteroatoms. The molecule has 0 unspecified atom stereocenters. The van der Waals surface area contributed by atoms with Crippen molar-refractivity contribution in [3.63, 3.8) is 0 Å². The van der Waals surface area contributed by atoms with E-state index in [4.69, 9.17) is 4.42 Å². The molecule has 0 aromatic carbocycles. The van der Waals surface area contributed by atoms with Gasteiger partial charge in [-0.25, -0.2) is 4.98 Å². The highest BCUT2D eigenvalue weighted by molar-refractivity contribution is 14.0. The number of rotatable bonds is 2. The molecule has 1 aromatic heterocycles. The SMILES string of the molecule is CN=C(NCc1nc(C)c(C)o1)N1CC(C)(C)C1(C)C.I. The highest BCUT2D eigenvalue weighted by atomic mass is 127. The summed E-state index contributed by atoms with van der Waals surface area (Å²) in [4.78, 5) is 11.1. The van der Waals surface area contributed by atoms with Gasteiger partial charge in [-0.2, -0.15) is 0 Å². The number of likely N-dealkylation sites (tertiary alicyclic amines) is 1. The van der Waals surface area contributed by atoms with Crippen molar-refractivity contribution in [2.24, 2.45) is 10.4 Å². The third kappa shape index (κ3) is 3.19. The lowest BCUT2D eigenvalue weighted by atomic mass is 9.65. The van der Waals surface area contributed by atoms with Crippen LogP contribution in [-0.2, 0) is 6.54 Å². The van der Waals surface area contributed by atoms with E-state index in [1.165, 1.54) is 0 Å². The number of aryl methyl sites for hydroxylation is 2. The molecule has 1 aliphatic heterocycles. The Morgan fingerprint density at radius 3 is 2.33 bits per heavy atom. The first-order chi connectivity index (χ1) is 9.19. The number of hydrogen-bond donors (Lipinski definition) is 1. The fourth-order valence-corrected chi connectivity index (χ4v) is 2.46. The Hall–Kier alpha value is -0.790. The summed E-state index contributed by atoms with van der Waals surface area (Å²) in [5, 5.41) is 3.34. The molecule has 0 bridgehead atoms. The van der Waals surface area contributed by atoms with Gasteiger partial charge < -0.3 is 14.6 Å². The molecule has 1 saturated heterocycles. The quantitative estimate of drug-likeness (QED) is 0.466. The van der Waals surface area contributed by atoms with E-state index in [0.717, 1.165) is 24.0 Å². The summed E-state index contributed by atoms with van der Waals surface area (Å²) < 4.78 is 5.59. The summed E-state index contributed by atoms with van der Waals surface area (Å²) in [7, 11) is 1.82. The van der Waals surface area contributed by atoms with Crippen LogP contribution in [0, 0.1) is 19.3 Å². The maximum atomic E-state index is 5.59. The average Bonchev–Trinajstić information content (AvgIpc) is 2.68. The minimum Gasteiger partial charge on any atom is -0.444 e. The first-order valence-electron chi connectivity index (χ1n) is 7.10. The van der Waals surface area contributed by atoms with Crippen molar-refractivity contribution in [2.75, 3.05) is 13.6 Å². The molecule has 0 aliphatic carbocycles. The maximum Gasteiger partial charge on any atom is 0.214 e. The van der Waals surface area contributed by atoms with Crippen LogP contribution in [0.4, 0.5) is 0 Å². The van der Waals surface area contributed by atoms with Gasteiger partial charge in [0.25, 0.3) is 0 Å². The zero-order valence-electron chi connectivity index (χ0n) is 14.1. The Morgan fingerprint density at radius 2 is 1.95 bits per heavy atom. The smallest absolute Gasteiger partial charge is 0.214 e. The fourth-order valence-electron chi connectivity index (χ4n) is 2.46. The summed E-state index contributed by atoms with van der Waals surface area (Å²) in [6.07, 6.45) is 0. The molecule has 0 amide bonds. The Bertz CT molecular complexity index is 514. The van der Waals surface area contributed by atoms with Gasteiger partial charge in [0.15, 0.2) is 5.96 Å². The van der Waals surface area contributed by atoms with E-state index in [2.05, 4.69) is 47.9 Å². The maximum absolute atomic E-state index is 5.59. The zero-order valence-corrected chi connectivity index (χ0v) is 16.4. The molecule has 0 radical (unpaired) electrons. The summed E-state index contributed by atoms with van der Waals surface area (Å²) in [5.41, 5.74) is 1.33. The molecule has 5 nitrogen and oxygen atoms in total. The van der Waals surface area contributed by atoms with Crippen molar-refractivity contribution in [1.82, 2.24) is 15.2 Å². The molecule has 2 heterocycles. The minimum absolute atomic E-state index is 0. The predicted octanol–water partition coefficient (Wildman–Crippen LogP) is 3.11. The van der Waals surface area contributed by atoms with Crippen LogP contribution in [0.1, 0.15) is 45.0 Å². The largest absolute Gasteiger partial charge is 0.444 e. The van der Waals surface area contributed by atoms with E-state index in [-0.39, 0.29) is 29.5 Å². The number of guanidine groups is 1. The second-order valence-electron chi connectivity index (χ2n) is 6.68. The van der Waals surface area contributed by atoms with Crippen molar-refractivity contribution < 1.29 is 4.42 Å². The van der Waals surface area contributed by atoms with Gasteiger partial charge >= 0.3 is 0 Å². The Morgan fingerprint density at radius 1 is 1.33 bits per heavy atom. The second kappa shape index (κ2) is 6.14. The molecule has 21 heavy (non-hydrogen) atoms. The third-order valence-electron chi connectivity index (χ3n) is 4.82. The van der Waals surface area contributed by atoms with Gasteiger partial charge in [0.2, 0.25) is 5.89 Å². The summed E-state index contributed by atoms with van der Waals surface area (Å²) in [6, 6.07) is 0. The number of nitrogens with zero attached hydrogens (tertiary/aromatic N) is 3. The molecule has 1 aromatic rings. The Balaban J connectivity index is 0.00000220. The van der Waals surface area contributed by atoms with E-state index in [1.807, 2.05) is 20.9 Å². The van der Waals surface area contributed by atoms with Crippen LogP contribution < -0.4 is 5.32 Å². The summed E-state index contributed by atoms with van der Waals surface area (Å²) in [5.74, 6) is 2.49. The number of aromatic nitrogens is 1. The summed E-state index contributed by atoms with van der Waals surface area (Å²) >= 11 is 0. The van der Waals surface area contributed by atoms with Crippen molar-refractivity contribution in [3.8, 4) is 0 Å². The van der Waals surface area contributed by atoms with Gasteiger partial charge in [-0.3, -0.25) is 4.99 Å². The van der Waals surface area contributed by atoms with Crippen LogP contribution in [0.5, 0.6) is 0 Å². The fraction of sp³-hybridized carbons (Fsp3) is 0.733. The first-order valence-corrected chi connectivity index (χ1v) is 7.10. The lowest BCUT2D eigenvalue weighted by molar-refractivity contribution is -0.0668. The first kappa shape index (κ1) is 18.3. The van der Waals surface area contributed by atoms with Crippen LogP contribution in [0.25, 0.3) is 0 Å². The normalized spacial score (nSPS) is 19.8. The topological polar surface area (TPSA) is 53.7 Å². The van der Waals surface area contributed by atoms with Gasteiger partial charge in [0, 0.05) is 24.5 Å². The molecule has 120 valence electrons. The molecule has 0 saturated carbocycles. The van der Waals surface area contributed by atoms with E-state index < -0.39 is 0 Å². The van der Waals surface area contributed by atoms with Gasteiger partial charge in [0.05, 0.1) is 12.2 Å². The van der Waals surface area contributed by atoms with E-state index in [9.17, 15) is 0 Å². The molecule has 0 atom stereocenters. The minimum atomic E-state index is 0.